The molecule has 1 amide bonds. The second-order valence-corrected chi connectivity index (χ2v) is 16.8. The monoisotopic (exact) mass is 761 g/mol. The number of carbonyl (C=O) groups excluding carboxylic acids is 4. The number of cyclic esters (lactones) is 1. The minimum atomic E-state index is -2.40. The lowest BCUT2D eigenvalue weighted by atomic mass is 9.82. The number of esters is 1. The zero-order valence-corrected chi connectivity index (χ0v) is 33.8. The van der Waals surface area contributed by atoms with E-state index in [9.17, 15) is 34.5 Å². The molecule has 0 radical (unpaired) electrons. The number of ether oxygens (including phenoxy) is 4. The molecule has 2 saturated heterocycles. The van der Waals surface area contributed by atoms with Crippen molar-refractivity contribution in [3.05, 3.63) is 23.3 Å². The van der Waals surface area contributed by atoms with Gasteiger partial charge in [0.25, 0.3) is 11.7 Å². The molecule has 12 nitrogen and oxygen atoms in total. The summed E-state index contributed by atoms with van der Waals surface area (Å²) in [6.07, 6.45) is 5.68. The Hall–Kier alpha value is -2.48. The van der Waals surface area contributed by atoms with Crippen molar-refractivity contribution in [2.45, 2.75) is 167 Å². The van der Waals surface area contributed by atoms with Crippen LogP contribution in [0.3, 0.4) is 0 Å². The highest BCUT2D eigenvalue weighted by molar-refractivity contribution is 6.39. The quantitative estimate of drug-likeness (QED) is 0.199. The first-order chi connectivity index (χ1) is 25.5. The molecule has 306 valence electrons. The van der Waals surface area contributed by atoms with E-state index in [1.54, 1.807) is 28.1 Å². The van der Waals surface area contributed by atoms with Crippen LogP contribution in [0, 0.1) is 29.6 Å². The Morgan fingerprint density at radius 2 is 1.63 bits per heavy atom. The number of Topliss-reactive ketones (excluding diaryl/α,β-unsaturated/α-hetero) is 2. The highest BCUT2D eigenvalue weighted by Gasteiger charge is 2.54. The topological polar surface area (TPSA) is 169 Å². The molecule has 2 bridgehead atoms. The molecule has 4 rings (SSSR count). The highest BCUT2D eigenvalue weighted by Crippen LogP contribution is 2.38. The van der Waals surface area contributed by atoms with Crippen LogP contribution in [0.5, 0.6) is 0 Å². The third-order valence-electron chi connectivity index (χ3n) is 12.6. The average Bonchev–Trinajstić information content (AvgIpc) is 3.15. The van der Waals surface area contributed by atoms with Crippen molar-refractivity contribution in [1.29, 1.82) is 0 Å². The van der Waals surface area contributed by atoms with Gasteiger partial charge in [0.2, 0.25) is 5.79 Å². The van der Waals surface area contributed by atoms with E-state index in [1.807, 2.05) is 26.0 Å². The normalized spacial score (nSPS) is 40.3. The number of aliphatic hydroxyl groups excluding tert-OH is 2. The summed E-state index contributed by atoms with van der Waals surface area (Å²) in [7, 11) is 3.14. The molecule has 3 fully saturated rings. The van der Waals surface area contributed by atoms with Crippen molar-refractivity contribution in [2.75, 3.05) is 20.8 Å². The summed E-state index contributed by atoms with van der Waals surface area (Å²) in [5.41, 5.74) is 1.31. The van der Waals surface area contributed by atoms with Gasteiger partial charge >= 0.3 is 5.97 Å². The van der Waals surface area contributed by atoms with Crippen LogP contribution in [0.1, 0.15) is 119 Å². The largest absolute Gasteiger partial charge is 0.456 e. The Morgan fingerprint density at radius 1 is 0.926 bits per heavy atom. The zero-order valence-electron chi connectivity index (χ0n) is 33.8. The van der Waals surface area contributed by atoms with Gasteiger partial charge in [-0.2, -0.15) is 0 Å². The molecule has 1 saturated carbocycles. The summed E-state index contributed by atoms with van der Waals surface area (Å²) < 4.78 is 23.8. The lowest BCUT2D eigenvalue weighted by Gasteiger charge is -2.44. The summed E-state index contributed by atoms with van der Waals surface area (Å²) in [6.45, 7) is 11.4. The van der Waals surface area contributed by atoms with Crippen LogP contribution in [0.2, 0.25) is 0 Å². The summed E-state index contributed by atoms with van der Waals surface area (Å²) in [5.74, 6) is -6.61. The minimum absolute atomic E-state index is 0.0109. The number of allylic oxidation sites excluding steroid dienone is 3. The summed E-state index contributed by atoms with van der Waals surface area (Å²) in [5, 5.41) is 33.9. The molecule has 3 heterocycles. The van der Waals surface area contributed by atoms with Crippen LogP contribution >= 0.6 is 0 Å². The number of amides is 1. The number of fused-ring (bicyclic) bond motifs is 3. The molecular formula is C42H67NO11. The number of aliphatic hydroxyl groups is 3. The molecule has 0 aromatic carbocycles. The Kier molecular flexibility index (Phi) is 16.0. The van der Waals surface area contributed by atoms with E-state index in [1.165, 1.54) is 4.90 Å². The number of ketones is 2. The van der Waals surface area contributed by atoms with Crippen molar-refractivity contribution in [3.8, 4) is 0 Å². The molecule has 13 atom stereocenters. The van der Waals surface area contributed by atoms with E-state index in [2.05, 4.69) is 13.8 Å². The molecule has 0 aromatic rings. The van der Waals surface area contributed by atoms with Crippen LogP contribution in [0.15, 0.2) is 23.3 Å². The Morgan fingerprint density at radius 3 is 2.30 bits per heavy atom. The number of hydrogen-bond acceptors (Lipinski definition) is 11. The van der Waals surface area contributed by atoms with Gasteiger partial charge < -0.3 is 39.2 Å². The lowest BCUT2D eigenvalue weighted by molar-refractivity contribution is -0.278. The fourth-order valence-corrected chi connectivity index (χ4v) is 9.15. The van der Waals surface area contributed by atoms with Gasteiger partial charge in [0.05, 0.1) is 30.5 Å². The summed E-state index contributed by atoms with van der Waals surface area (Å²) in [6, 6.07) is -1.10. The van der Waals surface area contributed by atoms with Crippen LogP contribution in [-0.2, 0) is 38.1 Å². The van der Waals surface area contributed by atoms with Gasteiger partial charge in [0.1, 0.15) is 12.1 Å². The third kappa shape index (κ3) is 10.5. The standard InChI is InChI=1S/C42H67NO11/c1-9-30-19-24(2)18-25(3)20-37(52-8)35-16-13-27(5)42(50,54-35)39(47)40(48)43-17-11-10-12-31(43)41(49)53-38(28(6)33(45)23-34(30)46)26(4)21-29-14-15-32(44)36(22-29)51-7/h19,21,24-25,27-29,31-33,35-38,44-45,50H,9-18,20,22-23H2,1-8H3/t24?,25-,27+,28+,29-,31?,32+,33-,35-,36+,37-,38+,42+/m0/s1. The summed E-state index contributed by atoms with van der Waals surface area (Å²) >= 11 is 0. The van der Waals surface area contributed by atoms with Crippen molar-refractivity contribution >= 4 is 23.4 Å². The van der Waals surface area contributed by atoms with E-state index in [-0.39, 0.29) is 49.0 Å². The first-order valence-corrected chi connectivity index (χ1v) is 20.3. The molecule has 3 aliphatic heterocycles. The number of rotatable bonds is 5. The third-order valence-corrected chi connectivity index (χ3v) is 12.6. The fraction of sp³-hybridized carbons (Fsp3) is 0.810. The SMILES string of the molecule is CCC1=CC(C)C[C@H](C)C[C@H](OC)[C@@H]2CC[C@@H](C)[C@@](O)(O2)C(=O)C(=O)N2CCCCC2C(=O)O[C@H](C(C)=C[C@@H]2CC[C@@H](O)[C@H](OC)C2)[C@H](C)[C@@H](O)CC1=O. The average molecular weight is 762 g/mol. The Bertz CT molecular complexity index is 1380. The number of piperidine rings is 1. The van der Waals surface area contributed by atoms with E-state index >= 15 is 0 Å². The van der Waals surface area contributed by atoms with Gasteiger partial charge in [-0.3, -0.25) is 14.4 Å². The smallest absolute Gasteiger partial charge is 0.329 e. The van der Waals surface area contributed by atoms with Crippen LogP contribution in [0.4, 0.5) is 0 Å². The maximum absolute atomic E-state index is 14.2. The number of methoxy groups -OCH3 is 2. The molecule has 0 aromatic heterocycles. The number of carbonyl (C=O) groups is 4. The number of hydrogen-bond donors (Lipinski definition) is 3. The van der Waals surface area contributed by atoms with Crippen molar-refractivity contribution in [1.82, 2.24) is 4.90 Å². The van der Waals surface area contributed by atoms with Crippen molar-refractivity contribution in [3.63, 3.8) is 0 Å². The first-order valence-electron chi connectivity index (χ1n) is 20.3. The van der Waals surface area contributed by atoms with E-state index in [0.717, 1.165) is 6.42 Å². The second kappa shape index (κ2) is 19.6. The van der Waals surface area contributed by atoms with Gasteiger partial charge in [0.15, 0.2) is 5.78 Å². The van der Waals surface area contributed by atoms with Crippen molar-refractivity contribution < 1.29 is 53.4 Å². The molecule has 0 spiro atoms. The van der Waals surface area contributed by atoms with E-state index in [4.69, 9.17) is 18.9 Å². The van der Waals surface area contributed by atoms with Gasteiger partial charge in [-0.25, -0.2) is 4.79 Å². The van der Waals surface area contributed by atoms with Gasteiger partial charge in [0, 0.05) is 39.0 Å². The molecule has 3 N–H and O–H groups in total. The summed E-state index contributed by atoms with van der Waals surface area (Å²) in [4.78, 5) is 57.2. The predicted octanol–water partition coefficient (Wildman–Crippen LogP) is 4.85. The molecule has 1 aliphatic carbocycles. The van der Waals surface area contributed by atoms with Crippen molar-refractivity contribution in [2.24, 2.45) is 29.6 Å². The molecule has 2 unspecified atom stereocenters. The molecule has 54 heavy (non-hydrogen) atoms. The van der Waals surface area contributed by atoms with Crippen LogP contribution in [0.25, 0.3) is 0 Å². The molecular weight excluding hydrogens is 694 g/mol. The fourth-order valence-electron chi connectivity index (χ4n) is 9.15. The highest BCUT2D eigenvalue weighted by atomic mass is 16.7. The molecule has 12 heteroatoms. The zero-order chi connectivity index (χ0) is 39.9. The van der Waals surface area contributed by atoms with E-state index < -0.39 is 71.8 Å². The van der Waals surface area contributed by atoms with E-state index in [0.29, 0.717) is 68.9 Å². The predicted molar refractivity (Wildman–Crippen MR) is 202 cm³/mol. The maximum Gasteiger partial charge on any atom is 0.329 e. The second-order valence-electron chi connectivity index (χ2n) is 16.8. The molecule has 4 aliphatic rings. The minimum Gasteiger partial charge on any atom is -0.456 e. The van der Waals surface area contributed by atoms with Gasteiger partial charge in [-0.1, -0.05) is 46.8 Å². The van der Waals surface area contributed by atoms with Gasteiger partial charge in [-0.05, 0) is 106 Å². The number of nitrogens with zero attached hydrogens (tertiary/aromatic N) is 1. The Balaban J connectivity index is 1.74. The maximum atomic E-state index is 14.2. The van der Waals surface area contributed by atoms with Crippen LogP contribution < -0.4 is 0 Å². The lowest BCUT2D eigenvalue weighted by Crippen LogP contribution is -2.61. The van der Waals surface area contributed by atoms with Gasteiger partial charge in [-0.15, -0.1) is 0 Å². The first kappa shape index (κ1) is 44.2. The van der Waals surface area contributed by atoms with Crippen LogP contribution in [-0.4, -0.2) is 113 Å². The Labute approximate surface area is 322 Å².